The van der Waals surface area contributed by atoms with Gasteiger partial charge >= 0.3 is 19.8 Å². The molecule has 0 radical (unpaired) electrons. The van der Waals surface area contributed by atoms with Gasteiger partial charge in [-0.3, -0.25) is 18.6 Å². The molecule has 13 atom stereocenters. The Balaban J connectivity index is 1.93. The quantitative estimate of drug-likeness (QED) is 0.0137. The molecule has 0 aromatic carbocycles. The molecular weight excluding hydrogens is 920 g/mol. The highest BCUT2D eigenvalue weighted by molar-refractivity contribution is 7.47. The summed E-state index contributed by atoms with van der Waals surface area (Å²) in [4.78, 5) is 36.6. The van der Waals surface area contributed by atoms with Crippen LogP contribution in [0.5, 0.6) is 0 Å². The van der Waals surface area contributed by atoms with Crippen molar-refractivity contribution in [1.82, 2.24) is 0 Å². The van der Waals surface area contributed by atoms with Gasteiger partial charge in [0.1, 0.15) is 67.6 Å². The maximum Gasteiger partial charge on any atom is 0.472 e. The fourth-order valence-corrected chi connectivity index (χ4v) is 9.55. The summed E-state index contributed by atoms with van der Waals surface area (Å²) in [5, 5.41) is 83.0. The summed E-state index contributed by atoms with van der Waals surface area (Å²) in [7, 11) is -5.37. The van der Waals surface area contributed by atoms with Gasteiger partial charge in [0.05, 0.1) is 13.2 Å². The lowest BCUT2D eigenvalue weighted by Gasteiger charge is -2.47. The lowest BCUT2D eigenvalue weighted by atomic mass is 9.84. The molecular formula is C50H93O18P. The van der Waals surface area contributed by atoms with Gasteiger partial charge in [0, 0.05) is 12.8 Å². The van der Waals surface area contributed by atoms with Crippen molar-refractivity contribution >= 4 is 19.8 Å². The molecule has 1 heterocycles. The molecule has 0 amide bonds. The van der Waals surface area contributed by atoms with Crippen LogP contribution in [0.2, 0.25) is 0 Å². The SMILES string of the molecule is CCCCCCCCCC=CCCCCCC(=O)OCC(COP(=O)(O)OC1C(O)C(O)C(O)C(O)C1OC1OC(CO)C(O)C(O)C1O)OC(=O)CCCCCCCCCCCCCCCCC. The van der Waals surface area contributed by atoms with Crippen LogP contribution in [-0.4, -0.2) is 151 Å². The maximum absolute atomic E-state index is 13.4. The van der Waals surface area contributed by atoms with E-state index in [-0.39, 0.29) is 12.8 Å². The number of phosphoric acid groups is 1. The van der Waals surface area contributed by atoms with Crippen LogP contribution in [0.4, 0.5) is 0 Å². The predicted molar refractivity (Wildman–Crippen MR) is 259 cm³/mol. The van der Waals surface area contributed by atoms with Gasteiger partial charge in [-0.25, -0.2) is 4.57 Å². The minimum absolute atomic E-state index is 0.0345. The molecule has 2 aliphatic rings. The highest BCUT2D eigenvalue weighted by Gasteiger charge is 2.55. The molecule has 18 nitrogen and oxygen atoms in total. The molecule has 1 aliphatic carbocycles. The van der Waals surface area contributed by atoms with Crippen LogP contribution in [0.1, 0.15) is 200 Å². The second kappa shape index (κ2) is 38.0. The molecule has 1 aliphatic heterocycles. The zero-order valence-corrected chi connectivity index (χ0v) is 42.8. The lowest BCUT2D eigenvalue weighted by Crippen LogP contribution is -2.67. The topological polar surface area (TPSA) is 289 Å². The van der Waals surface area contributed by atoms with Gasteiger partial charge in [-0.2, -0.15) is 0 Å². The number of hydrogen-bond donors (Lipinski definition) is 9. The number of unbranched alkanes of at least 4 members (excludes halogenated alkanes) is 24. The number of carbonyl (C=O) groups is 2. The van der Waals surface area contributed by atoms with Gasteiger partial charge in [-0.05, 0) is 38.5 Å². The van der Waals surface area contributed by atoms with Crippen molar-refractivity contribution in [3.05, 3.63) is 12.2 Å². The van der Waals surface area contributed by atoms with Crippen molar-refractivity contribution in [2.45, 2.75) is 273 Å². The first-order chi connectivity index (χ1) is 33.2. The number of aliphatic hydroxyl groups excluding tert-OH is 8. The Labute approximate surface area is 412 Å². The average Bonchev–Trinajstić information content (AvgIpc) is 3.33. The van der Waals surface area contributed by atoms with Crippen molar-refractivity contribution in [1.29, 1.82) is 0 Å². The van der Waals surface area contributed by atoms with Crippen LogP contribution in [-0.2, 0) is 42.1 Å². The second-order valence-corrected chi connectivity index (χ2v) is 20.5. The smallest absolute Gasteiger partial charge is 0.462 e. The summed E-state index contributed by atoms with van der Waals surface area (Å²) < 4.78 is 45.5. The summed E-state index contributed by atoms with van der Waals surface area (Å²) in [6.07, 6.45) is 11.5. The standard InChI is InChI=1S/C50H93O18P/c1-3-5-7-9-11-13-15-17-19-21-23-25-27-29-31-33-40(53)65-37(35-63-39(52)32-30-28-26-24-22-20-18-16-14-12-10-8-6-4-2)36-64-69(61,62)68-49-46(59)44(57)43(56)45(58)48(49)67-50-47(60)42(55)41(54)38(34-51)66-50/h20,22,37-38,41-51,54-60H,3-19,21,23-36H2,1-2H3,(H,61,62). The summed E-state index contributed by atoms with van der Waals surface area (Å²) in [5.41, 5.74) is 0. The van der Waals surface area contributed by atoms with Crippen LogP contribution >= 0.6 is 7.82 Å². The maximum atomic E-state index is 13.4. The molecule has 406 valence electrons. The van der Waals surface area contributed by atoms with Gasteiger partial charge in [0.2, 0.25) is 0 Å². The molecule has 2 fully saturated rings. The zero-order valence-electron chi connectivity index (χ0n) is 41.9. The molecule has 19 heteroatoms. The van der Waals surface area contributed by atoms with Crippen molar-refractivity contribution in [2.75, 3.05) is 19.8 Å². The van der Waals surface area contributed by atoms with Crippen molar-refractivity contribution in [2.24, 2.45) is 0 Å². The molecule has 9 N–H and O–H groups in total. The average molecular weight is 1010 g/mol. The van der Waals surface area contributed by atoms with E-state index in [1.54, 1.807) is 0 Å². The van der Waals surface area contributed by atoms with E-state index in [2.05, 4.69) is 26.0 Å². The first-order valence-corrected chi connectivity index (χ1v) is 28.0. The van der Waals surface area contributed by atoms with E-state index in [9.17, 15) is 59.9 Å². The number of esters is 2. The fraction of sp³-hybridized carbons (Fsp3) is 0.920. The summed E-state index contributed by atoms with van der Waals surface area (Å²) in [6.45, 7) is 2.23. The van der Waals surface area contributed by atoms with Gasteiger partial charge in [-0.1, -0.05) is 161 Å². The van der Waals surface area contributed by atoms with Crippen molar-refractivity contribution < 1.29 is 87.9 Å². The van der Waals surface area contributed by atoms with Gasteiger partial charge in [0.15, 0.2) is 12.4 Å². The zero-order chi connectivity index (χ0) is 50.9. The Bertz CT molecular complexity index is 1390. The van der Waals surface area contributed by atoms with Crippen LogP contribution in [0, 0.1) is 0 Å². The number of carbonyl (C=O) groups excluding carboxylic acids is 2. The van der Waals surface area contributed by atoms with Gasteiger partial charge in [0.25, 0.3) is 0 Å². The van der Waals surface area contributed by atoms with Crippen LogP contribution in [0.15, 0.2) is 12.2 Å². The predicted octanol–water partition coefficient (Wildman–Crippen LogP) is 6.49. The minimum Gasteiger partial charge on any atom is -0.462 e. The van der Waals surface area contributed by atoms with E-state index < -0.39 is 113 Å². The largest absolute Gasteiger partial charge is 0.472 e. The molecule has 0 spiro atoms. The highest BCUT2D eigenvalue weighted by Crippen LogP contribution is 2.48. The lowest BCUT2D eigenvalue weighted by molar-refractivity contribution is -0.338. The van der Waals surface area contributed by atoms with Crippen LogP contribution in [0.25, 0.3) is 0 Å². The second-order valence-electron chi connectivity index (χ2n) is 19.1. The molecule has 0 bridgehead atoms. The molecule has 0 aromatic heterocycles. The first kappa shape index (κ1) is 63.5. The highest BCUT2D eigenvalue weighted by atomic mass is 31.2. The molecule has 0 aromatic rings. The molecule has 13 unspecified atom stereocenters. The van der Waals surface area contributed by atoms with E-state index in [0.29, 0.717) is 12.8 Å². The minimum atomic E-state index is -5.37. The van der Waals surface area contributed by atoms with E-state index in [0.717, 1.165) is 51.4 Å². The Kier molecular flexibility index (Phi) is 35.0. The number of allylic oxidation sites excluding steroid dienone is 2. The molecule has 1 saturated heterocycles. The molecule has 2 rings (SSSR count). The van der Waals surface area contributed by atoms with Crippen molar-refractivity contribution in [3.63, 3.8) is 0 Å². The number of rotatable bonds is 41. The number of phosphoric ester groups is 1. The Hall–Kier alpha value is -1.61. The Morgan fingerprint density at radius 2 is 0.957 bits per heavy atom. The van der Waals surface area contributed by atoms with E-state index in [4.69, 9.17) is 28.0 Å². The Morgan fingerprint density at radius 1 is 0.536 bits per heavy atom. The third-order valence-electron chi connectivity index (χ3n) is 13.0. The normalized spacial score (nSPS) is 27.6. The first-order valence-electron chi connectivity index (χ1n) is 26.5. The summed E-state index contributed by atoms with van der Waals surface area (Å²) in [6, 6.07) is 0. The van der Waals surface area contributed by atoms with E-state index in [1.807, 2.05) is 0 Å². The fourth-order valence-electron chi connectivity index (χ4n) is 8.58. The third-order valence-corrected chi connectivity index (χ3v) is 14.0. The number of ether oxygens (including phenoxy) is 4. The van der Waals surface area contributed by atoms with E-state index in [1.165, 1.54) is 109 Å². The Morgan fingerprint density at radius 3 is 1.45 bits per heavy atom. The van der Waals surface area contributed by atoms with Crippen molar-refractivity contribution in [3.8, 4) is 0 Å². The van der Waals surface area contributed by atoms with Crippen LogP contribution in [0.3, 0.4) is 0 Å². The monoisotopic (exact) mass is 1010 g/mol. The number of aliphatic hydroxyl groups is 8. The summed E-state index contributed by atoms with van der Waals surface area (Å²) in [5.74, 6) is -1.23. The number of hydrogen-bond acceptors (Lipinski definition) is 17. The van der Waals surface area contributed by atoms with E-state index >= 15 is 0 Å². The molecule has 69 heavy (non-hydrogen) atoms. The third kappa shape index (κ3) is 26.8. The van der Waals surface area contributed by atoms with Gasteiger partial charge < -0.3 is 64.7 Å². The summed E-state index contributed by atoms with van der Waals surface area (Å²) >= 11 is 0. The van der Waals surface area contributed by atoms with Gasteiger partial charge in [-0.15, -0.1) is 0 Å². The van der Waals surface area contributed by atoms with Crippen LogP contribution < -0.4 is 0 Å². The molecule has 1 saturated carbocycles.